The molecule has 1 spiro atoms. The molecule has 3 fully saturated rings. The third kappa shape index (κ3) is 5.55. The quantitative estimate of drug-likeness (QED) is 0.491. The fourth-order valence-electron chi connectivity index (χ4n) is 5.34. The lowest BCUT2D eigenvalue weighted by atomic mass is 9.97. The number of fused-ring (bicyclic) bond motifs is 1. The van der Waals surface area contributed by atoms with E-state index in [1.165, 1.54) is 18.1 Å². The zero-order valence-corrected chi connectivity index (χ0v) is 21.7. The van der Waals surface area contributed by atoms with Crippen molar-refractivity contribution in [2.24, 2.45) is 11.8 Å². The van der Waals surface area contributed by atoms with Gasteiger partial charge in [-0.3, -0.25) is 19.2 Å². The highest BCUT2D eigenvalue weighted by Gasteiger charge is 2.57. The number of hydrogen-bond donors (Lipinski definition) is 2. The number of nitrogens with one attached hydrogen (secondary N) is 2. The van der Waals surface area contributed by atoms with Crippen LogP contribution in [0.25, 0.3) is 0 Å². The van der Waals surface area contributed by atoms with Crippen molar-refractivity contribution in [3.05, 3.63) is 18.3 Å². The molecule has 1 aromatic rings. The number of carbonyl (C=O) groups excluding carboxylic acids is 4. The summed E-state index contributed by atoms with van der Waals surface area (Å²) in [5.74, 6) is -3.55. The predicted molar refractivity (Wildman–Crippen MR) is 131 cm³/mol. The largest absolute Gasteiger partial charge is 0.472 e. The van der Waals surface area contributed by atoms with Gasteiger partial charge in [0.2, 0.25) is 17.4 Å². The summed E-state index contributed by atoms with van der Waals surface area (Å²) in [5.41, 5.74) is -1.55. The van der Waals surface area contributed by atoms with Crippen molar-refractivity contribution in [1.82, 2.24) is 20.1 Å². The summed E-state index contributed by atoms with van der Waals surface area (Å²) in [6.07, 6.45) is -0.410. The van der Waals surface area contributed by atoms with E-state index in [1.807, 2.05) is 11.4 Å². The standard InChI is InChI=1S/C26H29F3N6O5/c1-34(21(36)17(9-14-4-5-14)32-24(39)26(27,28)29)18(10-15-6-7-15)22(37)35-13-25(11-16(35)12-30)23(38)33-20-19(40-25)3-2-8-31-20/h2-3,8,14-18H,4-7,9-11,13H2,1H3,(H,32,39)(H,31,33,38)/t16-,17-,18-,25+/m0/s1. The minimum absolute atomic E-state index is 0.00852. The summed E-state index contributed by atoms with van der Waals surface area (Å²) < 4.78 is 45.0. The zero-order chi connectivity index (χ0) is 28.8. The Morgan fingerprint density at radius 1 is 1.27 bits per heavy atom. The predicted octanol–water partition coefficient (Wildman–Crippen LogP) is 1.75. The third-order valence-electron chi connectivity index (χ3n) is 7.96. The van der Waals surface area contributed by atoms with Crippen LogP contribution in [-0.2, 0) is 19.2 Å². The average molecular weight is 563 g/mol. The maximum absolute atomic E-state index is 14.0. The lowest BCUT2D eigenvalue weighted by molar-refractivity contribution is -0.175. The number of likely N-dealkylation sites (tertiary alicyclic amines) is 1. The molecule has 5 rings (SSSR count). The molecule has 0 bridgehead atoms. The zero-order valence-electron chi connectivity index (χ0n) is 21.7. The van der Waals surface area contributed by atoms with Crippen molar-refractivity contribution in [2.45, 2.75) is 74.8 Å². The van der Waals surface area contributed by atoms with Gasteiger partial charge in [-0.25, -0.2) is 4.98 Å². The Labute approximate surface area is 228 Å². The highest BCUT2D eigenvalue weighted by Crippen LogP contribution is 2.41. The van der Waals surface area contributed by atoms with E-state index in [2.05, 4.69) is 10.3 Å². The number of amides is 4. The van der Waals surface area contributed by atoms with Crippen molar-refractivity contribution in [3.8, 4) is 11.8 Å². The smallest absolute Gasteiger partial charge is 0.471 e. The first kappa shape index (κ1) is 27.7. The molecule has 0 aromatic carbocycles. The molecule has 0 unspecified atom stereocenters. The molecule has 2 saturated carbocycles. The fraction of sp³-hybridized carbons (Fsp3) is 0.615. The first-order valence-electron chi connectivity index (χ1n) is 13.2. The summed E-state index contributed by atoms with van der Waals surface area (Å²) in [6.45, 7) is -0.260. The molecule has 4 amide bonds. The molecule has 2 N–H and O–H groups in total. The van der Waals surface area contributed by atoms with Crippen LogP contribution in [-0.4, -0.2) is 81.9 Å². The number of carbonyl (C=O) groups is 4. The van der Waals surface area contributed by atoms with E-state index in [-0.39, 0.29) is 43.5 Å². The van der Waals surface area contributed by atoms with Gasteiger partial charge in [-0.2, -0.15) is 18.4 Å². The van der Waals surface area contributed by atoms with Crippen LogP contribution >= 0.6 is 0 Å². The number of nitriles is 1. The van der Waals surface area contributed by atoms with Crippen LogP contribution in [0.2, 0.25) is 0 Å². The van der Waals surface area contributed by atoms with Crippen molar-refractivity contribution >= 4 is 29.4 Å². The second kappa shape index (κ2) is 10.3. The maximum atomic E-state index is 14.0. The molecule has 11 nitrogen and oxygen atoms in total. The SMILES string of the molecule is CN(C(=O)[C@H](CC1CC1)NC(=O)C(F)(F)F)[C@@H](CC1CC1)C(=O)N1C[C@@]2(C[C@H]1C#N)Oc1cccnc1NC2=O. The number of anilines is 1. The monoisotopic (exact) mass is 562 g/mol. The Morgan fingerprint density at radius 3 is 2.58 bits per heavy atom. The molecule has 40 heavy (non-hydrogen) atoms. The lowest BCUT2D eigenvalue weighted by Gasteiger charge is -2.35. The van der Waals surface area contributed by atoms with Crippen LogP contribution in [0.3, 0.4) is 0 Å². The van der Waals surface area contributed by atoms with Crippen LogP contribution in [0.1, 0.15) is 44.9 Å². The molecule has 2 aliphatic carbocycles. The van der Waals surface area contributed by atoms with Gasteiger partial charge in [0.05, 0.1) is 12.6 Å². The summed E-state index contributed by atoms with van der Waals surface area (Å²) in [6, 6.07) is 1.67. The van der Waals surface area contributed by atoms with E-state index >= 15 is 0 Å². The number of halogens is 3. The van der Waals surface area contributed by atoms with E-state index in [0.717, 1.165) is 30.6 Å². The highest BCUT2D eigenvalue weighted by atomic mass is 19.4. The number of ether oxygens (including phenoxy) is 1. The van der Waals surface area contributed by atoms with Gasteiger partial charge in [0.15, 0.2) is 11.6 Å². The van der Waals surface area contributed by atoms with Gasteiger partial charge in [0, 0.05) is 19.7 Å². The molecule has 2 aliphatic heterocycles. The number of nitrogens with zero attached hydrogens (tertiary/aromatic N) is 4. The van der Waals surface area contributed by atoms with Crippen LogP contribution in [0.5, 0.6) is 5.75 Å². The van der Waals surface area contributed by atoms with Gasteiger partial charge < -0.3 is 25.2 Å². The Morgan fingerprint density at radius 2 is 1.95 bits per heavy atom. The van der Waals surface area contributed by atoms with Crippen LogP contribution < -0.4 is 15.4 Å². The molecule has 4 atom stereocenters. The molecular formula is C26H29F3N6O5. The normalized spacial score (nSPS) is 25.2. The first-order chi connectivity index (χ1) is 18.9. The van der Waals surface area contributed by atoms with Crippen LogP contribution in [0.4, 0.5) is 19.0 Å². The summed E-state index contributed by atoms with van der Waals surface area (Å²) >= 11 is 0. The van der Waals surface area contributed by atoms with Gasteiger partial charge in [0.1, 0.15) is 18.1 Å². The first-order valence-corrected chi connectivity index (χ1v) is 13.2. The number of hydrogen-bond acceptors (Lipinski definition) is 7. The Kier molecular flexibility index (Phi) is 7.09. The van der Waals surface area contributed by atoms with Crippen LogP contribution in [0, 0.1) is 23.2 Å². The third-order valence-corrected chi connectivity index (χ3v) is 7.96. The Bertz CT molecular complexity index is 1260. The summed E-state index contributed by atoms with van der Waals surface area (Å²) in [5, 5.41) is 14.4. The molecule has 214 valence electrons. The molecule has 4 aliphatic rings. The second-order valence-corrected chi connectivity index (χ2v) is 11.1. The van der Waals surface area contributed by atoms with Gasteiger partial charge >= 0.3 is 12.1 Å². The molecule has 1 saturated heterocycles. The van der Waals surface area contributed by atoms with E-state index < -0.39 is 53.5 Å². The van der Waals surface area contributed by atoms with Crippen molar-refractivity contribution in [1.29, 1.82) is 5.26 Å². The van der Waals surface area contributed by atoms with Crippen molar-refractivity contribution in [3.63, 3.8) is 0 Å². The highest BCUT2D eigenvalue weighted by molar-refractivity contribution is 6.01. The lowest BCUT2D eigenvalue weighted by Crippen LogP contribution is -2.58. The van der Waals surface area contributed by atoms with E-state index in [0.29, 0.717) is 5.75 Å². The number of rotatable bonds is 8. The minimum atomic E-state index is -5.16. The van der Waals surface area contributed by atoms with Gasteiger partial charge in [-0.05, 0) is 36.8 Å². The fourth-order valence-corrected chi connectivity index (χ4v) is 5.34. The molecule has 14 heteroatoms. The Hall–Kier alpha value is -3.89. The number of alkyl halides is 3. The topological polar surface area (TPSA) is 145 Å². The number of aromatic nitrogens is 1. The van der Waals surface area contributed by atoms with E-state index in [1.54, 1.807) is 12.1 Å². The minimum Gasteiger partial charge on any atom is -0.472 e. The average Bonchev–Trinajstić information content (AvgIpc) is 3.85. The number of pyridine rings is 1. The van der Waals surface area contributed by atoms with E-state index in [9.17, 15) is 37.6 Å². The second-order valence-electron chi connectivity index (χ2n) is 11.1. The molecule has 3 heterocycles. The maximum Gasteiger partial charge on any atom is 0.471 e. The molecular weight excluding hydrogens is 533 g/mol. The summed E-state index contributed by atoms with van der Waals surface area (Å²) in [7, 11) is 1.33. The van der Waals surface area contributed by atoms with Gasteiger partial charge in [0.25, 0.3) is 5.91 Å². The molecule has 0 radical (unpaired) electrons. The Balaban J connectivity index is 1.37. The van der Waals surface area contributed by atoms with Gasteiger partial charge in [-0.15, -0.1) is 0 Å². The summed E-state index contributed by atoms with van der Waals surface area (Å²) in [4.78, 5) is 58.6. The van der Waals surface area contributed by atoms with Gasteiger partial charge in [-0.1, -0.05) is 25.7 Å². The molecule has 1 aromatic heterocycles. The van der Waals surface area contributed by atoms with Crippen molar-refractivity contribution < 1.29 is 37.1 Å². The van der Waals surface area contributed by atoms with Crippen LogP contribution in [0.15, 0.2) is 18.3 Å². The number of likely N-dealkylation sites (N-methyl/N-ethyl adjacent to an activating group) is 1. The van der Waals surface area contributed by atoms with Crippen molar-refractivity contribution in [2.75, 3.05) is 18.9 Å². The van der Waals surface area contributed by atoms with E-state index in [4.69, 9.17) is 4.74 Å².